The van der Waals surface area contributed by atoms with Gasteiger partial charge in [0.25, 0.3) is 5.69 Å². The second-order valence-corrected chi connectivity index (χ2v) is 5.01. The molecule has 2 aromatic carbocycles. The first-order valence-electron chi connectivity index (χ1n) is 6.19. The van der Waals surface area contributed by atoms with Crippen LogP contribution in [-0.4, -0.2) is 16.0 Å². The fourth-order valence-electron chi connectivity index (χ4n) is 2.08. The van der Waals surface area contributed by atoms with Gasteiger partial charge in [0.05, 0.1) is 10.8 Å². The quantitative estimate of drug-likeness (QED) is 0.675. The first-order valence-corrected chi connectivity index (χ1v) is 6.57. The Morgan fingerprint density at radius 2 is 1.90 bits per heavy atom. The number of hydrogen-bond donors (Lipinski definition) is 1. The molecule has 2 aromatic rings. The Morgan fingerprint density at radius 1 is 1.24 bits per heavy atom. The second-order valence-electron chi connectivity index (χ2n) is 4.57. The summed E-state index contributed by atoms with van der Waals surface area (Å²) in [6.45, 7) is 0. The van der Waals surface area contributed by atoms with Gasteiger partial charge in [0.2, 0.25) is 0 Å². The summed E-state index contributed by atoms with van der Waals surface area (Å²) in [5.74, 6) is -1.76. The van der Waals surface area contributed by atoms with Crippen molar-refractivity contribution in [2.24, 2.45) is 0 Å². The molecule has 0 spiro atoms. The molecule has 0 amide bonds. The van der Waals surface area contributed by atoms with Crippen LogP contribution in [0.15, 0.2) is 48.5 Å². The summed E-state index contributed by atoms with van der Waals surface area (Å²) in [5, 5.41) is 20.5. The molecule has 0 heterocycles. The molecule has 1 unspecified atom stereocenters. The Bertz CT molecular complexity index is 670. The van der Waals surface area contributed by atoms with Gasteiger partial charge in [-0.15, -0.1) is 0 Å². The monoisotopic (exact) mass is 305 g/mol. The number of non-ortho nitro benzene ring substituents is 1. The highest BCUT2D eigenvalue weighted by molar-refractivity contribution is 6.30. The van der Waals surface area contributed by atoms with E-state index in [2.05, 4.69) is 0 Å². The van der Waals surface area contributed by atoms with E-state index in [0.29, 0.717) is 10.6 Å². The van der Waals surface area contributed by atoms with Crippen molar-refractivity contribution in [2.45, 2.75) is 12.3 Å². The lowest BCUT2D eigenvalue weighted by Crippen LogP contribution is -2.14. The van der Waals surface area contributed by atoms with Gasteiger partial charge in [-0.2, -0.15) is 0 Å². The fraction of sp³-hybridized carbons (Fsp3) is 0.133. The predicted octanol–water partition coefficient (Wildman–Crippen LogP) is 3.66. The number of carbonyl (C=O) groups is 1. The van der Waals surface area contributed by atoms with E-state index >= 15 is 0 Å². The van der Waals surface area contributed by atoms with Crippen molar-refractivity contribution in [3.05, 3.63) is 74.8 Å². The third kappa shape index (κ3) is 3.79. The first kappa shape index (κ1) is 15.0. The molecule has 0 saturated heterocycles. The summed E-state index contributed by atoms with van der Waals surface area (Å²) in [6.07, 6.45) is 0.272. The Kier molecular flexibility index (Phi) is 4.55. The highest BCUT2D eigenvalue weighted by Gasteiger charge is 2.21. The van der Waals surface area contributed by atoms with Crippen LogP contribution in [0.1, 0.15) is 17.0 Å². The van der Waals surface area contributed by atoms with Crippen LogP contribution >= 0.6 is 11.6 Å². The lowest BCUT2D eigenvalue weighted by Gasteiger charge is -2.13. The zero-order valence-corrected chi connectivity index (χ0v) is 11.7. The predicted molar refractivity (Wildman–Crippen MR) is 78.6 cm³/mol. The largest absolute Gasteiger partial charge is 0.481 e. The van der Waals surface area contributed by atoms with Gasteiger partial charge in [-0.3, -0.25) is 14.9 Å². The molecule has 108 valence electrons. The Balaban J connectivity index is 2.26. The van der Waals surface area contributed by atoms with E-state index in [9.17, 15) is 20.0 Å². The van der Waals surface area contributed by atoms with Gasteiger partial charge in [-0.1, -0.05) is 35.9 Å². The average molecular weight is 306 g/mol. The lowest BCUT2D eigenvalue weighted by molar-refractivity contribution is -0.384. The summed E-state index contributed by atoms with van der Waals surface area (Å²) in [6, 6.07) is 12.5. The topological polar surface area (TPSA) is 80.4 Å². The number of rotatable bonds is 5. The molecule has 21 heavy (non-hydrogen) atoms. The highest BCUT2D eigenvalue weighted by atomic mass is 35.5. The number of nitrogens with zero attached hydrogens (tertiary/aromatic N) is 1. The Hall–Kier alpha value is -2.40. The van der Waals surface area contributed by atoms with Crippen LogP contribution in [-0.2, 0) is 11.2 Å². The van der Waals surface area contributed by atoms with Crippen LogP contribution in [0.25, 0.3) is 0 Å². The summed E-state index contributed by atoms with van der Waals surface area (Å²) in [5.41, 5.74) is 1.26. The molecule has 1 atom stereocenters. The third-order valence-corrected chi connectivity index (χ3v) is 3.37. The highest BCUT2D eigenvalue weighted by Crippen LogP contribution is 2.24. The zero-order chi connectivity index (χ0) is 15.4. The molecule has 1 N–H and O–H groups in total. The number of halogens is 1. The van der Waals surface area contributed by atoms with Crippen LogP contribution in [0, 0.1) is 10.1 Å². The maximum Gasteiger partial charge on any atom is 0.311 e. The Labute approximate surface area is 125 Å². The minimum absolute atomic E-state index is 0.0642. The molecule has 0 aliphatic carbocycles. The van der Waals surface area contributed by atoms with Crippen LogP contribution in [0.4, 0.5) is 5.69 Å². The fourth-order valence-corrected chi connectivity index (χ4v) is 2.29. The van der Waals surface area contributed by atoms with E-state index in [4.69, 9.17) is 11.6 Å². The van der Waals surface area contributed by atoms with Crippen molar-refractivity contribution >= 4 is 23.3 Å². The molecule has 6 heteroatoms. The van der Waals surface area contributed by atoms with Crippen LogP contribution in [0.2, 0.25) is 5.02 Å². The minimum Gasteiger partial charge on any atom is -0.481 e. The SMILES string of the molecule is O=C(O)C(Cc1cccc(Cl)c1)c1ccc([N+](=O)[O-])cc1. The van der Waals surface area contributed by atoms with Crippen LogP contribution < -0.4 is 0 Å². The van der Waals surface area contributed by atoms with Crippen molar-refractivity contribution < 1.29 is 14.8 Å². The van der Waals surface area contributed by atoms with Gasteiger partial charge < -0.3 is 5.11 Å². The van der Waals surface area contributed by atoms with Crippen molar-refractivity contribution in [2.75, 3.05) is 0 Å². The third-order valence-electron chi connectivity index (χ3n) is 3.13. The van der Waals surface area contributed by atoms with E-state index in [-0.39, 0.29) is 12.1 Å². The van der Waals surface area contributed by atoms with E-state index < -0.39 is 16.8 Å². The van der Waals surface area contributed by atoms with E-state index in [1.165, 1.54) is 24.3 Å². The van der Waals surface area contributed by atoms with Crippen molar-refractivity contribution in [1.82, 2.24) is 0 Å². The number of nitro benzene ring substituents is 1. The standard InChI is InChI=1S/C15H12ClNO4/c16-12-3-1-2-10(8-12)9-14(15(18)19)11-4-6-13(7-5-11)17(20)21/h1-8,14H,9H2,(H,18,19). The van der Waals surface area contributed by atoms with Crippen LogP contribution in [0.3, 0.4) is 0 Å². The lowest BCUT2D eigenvalue weighted by atomic mass is 9.92. The molecule has 0 saturated carbocycles. The summed E-state index contributed by atoms with van der Waals surface area (Å²) >= 11 is 5.89. The summed E-state index contributed by atoms with van der Waals surface area (Å²) in [4.78, 5) is 21.5. The van der Waals surface area contributed by atoms with Gasteiger partial charge in [0.1, 0.15) is 0 Å². The normalized spacial score (nSPS) is 11.9. The van der Waals surface area contributed by atoms with Crippen molar-refractivity contribution in [3.8, 4) is 0 Å². The number of aliphatic carboxylic acids is 1. The maximum atomic E-state index is 11.4. The molecule has 5 nitrogen and oxygen atoms in total. The summed E-state index contributed by atoms with van der Waals surface area (Å²) < 4.78 is 0. The van der Waals surface area contributed by atoms with Crippen LogP contribution in [0.5, 0.6) is 0 Å². The number of carboxylic acid groups (broad SMARTS) is 1. The molecule has 0 aliphatic rings. The van der Waals surface area contributed by atoms with E-state index in [1.54, 1.807) is 24.3 Å². The molecule has 0 aromatic heterocycles. The van der Waals surface area contributed by atoms with Gasteiger partial charge in [0.15, 0.2) is 0 Å². The average Bonchev–Trinajstić information content (AvgIpc) is 2.44. The number of nitro groups is 1. The molecule has 0 fully saturated rings. The molecule has 0 bridgehead atoms. The molecular weight excluding hydrogens is 294 g/mol. The van der Waals surface area contributed by atoms with E-state index in [0.717, 1.165) is 5.56 Å². The van der Waals surface area contributed by atoms with Gasteiger partial charge >= 0.3 is 5.97 Å². The first-order chi connectivity index (χ1) is 9.97. The number of carboxylic acids is 1. The van der Waals surface area contributed by atoms with E-state index in [1.807, 2.05) is 0 Å². The van der Waals surface area contributed by atoms with Gasteiger partial charge in [0, 0.05) is 17.2 Å². The number of hydrogen-bond acceptors (Lipinski definition) is 3. The van der Waals surface area contributed by atoms with Crippen molar-refractivity contribution in [1.29, 1.82) is 0 Å². The Morgan fingerprint density at radius 3 is 2.43 bits per heavy atom. The number of benzene rings is 2. The maximum absolute atomic E-state index is 11.4. The summed E-state index contributed by atoms with van der Waals surface area (Å²) in [7, 11) is 0. The smallest absolute Gasteiger partial charge is 0.311 e. The second kappa shape index (κ2) is 6.37. The van der Waals surface area contributed by atoms with Gasteiger partial charge in [-0.25, -0.2) is 0 Å². The zero-order valence-electron chi connectivity index (χ0n) is 10.9. The molecule has 2 rings (SSSR count). The molecular formula is C15H12ClNO4. The minimum atomic E-state index is -0.983. The van der Waals surface area contributed by atoms with Gasteiger partial charge in [-0.05, 0) is 29.7 Å². The van der Waals surface area contributed by atoms with Crippen molar-refractivity contribution in [3.63, 3.8) is 0 Å². The molecule has 0 aliphatic heterocycles. The molecule has 0 radical (unpaired) electrons.